The van der Waals surface area contributed by atoms with Crippen LogP contribution in [0, 0.1) is 0 Å². The second-order valence-corrected chi connectivity index (χ2v) is 5.49. The summed E-state index contributed by atoms with van der Waals surface area (Å²) < 4.78 is 38.7. The Labute approximate surface area is 119 Å². The number of nitrogens with zero attached hydrogens (tertiary/aromatic N) is 2. The molecule has 8 heteroatoms. The van der Waals surface area contributed by atoms with E-state index in [1.54, 1.807) is 18.3 Å². The third-order valence-corrected chi connectivity index (χ3v) is 3.40. The zero-order valence-electron chi connectivity index (χ0n) is 9.28. The summed E-state index contributed by atoms with van der Waals surface area (Å²) in [6.45, 7) is 0. The molecular formula is C11H7BrF3N3S. The molecule has 0 aliphatic heterocycles. The van der Waals surface area contributed by atoms with E-state index >= 15 is 0 Å². The quantitative estimate of drug-likeness (QED) is 0.890. The number of aromatic nitrogens is 2. The van der Waals surface area contributed by atoms with Gasteiger partial charge in [-0.15, -0.1) is 0 Å². The maximum atomic E-state index is 12.6. The van der Waals surface area contributed by atoms with Gasteiger partial charge < -0.3 is 5.73 Å². The average Bonchev–Trinajstić information content (AvgIpc) is 2.30. The van der Waals surface area contributed by atoms with E-state index in [9.17, 15) is 13.2 Å². The molecule has 2 aromatic heterocycles. The number of halogens is 4. The lowest BCUT2D eigenvalue weighted by molar-refractivity contribution is -0.137. The summed E-state index contributed by atoms with van der Waals surface area (Å²) in [4.78, 5) is 7.90. The summed E-state index contributed by atoms with van der Waals surface area (Å²) in [6.07, 6.45) is -2.89. The molecule has 2 aromatic rings. The van der Waals surface area contributed by atoms with Crippen molar-refractivity contribution in [2.45, 2.75) is 16.2 Å². The molecule has 0 saturated carbocycles. The van der Waals surface area contributed by atoms with Crippen LogP contribution in [0.2, 0.25) is 0 Å². The highest BCUT2D eigenvalue weighted by atomic mass is 79.9. The second kappa shape index (κ2) is 5.38. The van der Waals surface area contributed by atoms with Gasteiger partial charge in [-0.25, -0.2) is 9.97 Å². The third-order valence-electron chi connectivity index (χ3n) is 2.06. The van der Waals surface area contributed by atoms with Gasteiger partial charge in [0.2, 0.25) is 0 Å². The van der Waals surface area contributed by atoms with Gasteiger partial charge >= 0.3 is 6.18 Å². The Balaban J connectivity index is 2.30. The maximum absolute atomic E-state index is 12.6. The van der Waals surface area contributed by atoms with Crippen LogP contribution >= 0.6 is 27.7 Å². The lowest BCUT2D eigenvalue weighted by Crippen LogP contribution is -2.07. The number of alkyl halides is 3. The van der Waals surface area contributed by atoms with Gasteiger partial charge in [0.25, 0.3) is 0 Å². The van der Waals surface area contributed by atoms with Crippen molar-refractivity contribution in [3.05, 3.63) is 40.5 Å². The van der Waals surface area contributed by atoms with E-state index < -0.39 is 11.7 Å². The number of anilines is 1. The number of hydrogen-bond donors (Lipinski definition) is 1. The monoisotopic (exact) mass is 349 g/mol. The summed E-state index contributed by atoms with van der Waals surface area (Å²) in [5.74, 6) is -0.172. The first-order valence-corrected chi connectivity index (χ1v) is 6.60. The first kappa shape index (κ1) is 14.1. The van der Waals surface area contributed by atoms with Gasteiger partial charge in [0.15, 0.2) is 0 Å². The van der Waals surface area contributed by atoms with E-state index in [4.69, 9.17) is 5.73 Å². The van der Waals surface area contributed by atoms with Crippen LogP contribution in [0.4, 0.5) is 19.0 Å². The number of hydrogen-bond acceptors (Lipinski definition) is 4. The molecule has 0 bridgehead atoms. The normalized spacial score (nSPS) is 11.6. The standard InChI is InChI=1S/C11H7BrF3N3S/c12-7-1-2-9(17-5-7)19-10-4-6(11(13,14)15)3-8(16)18-10/h1-5H,(H2,16,18). The van der Waals surface area contributed by atoms with Crippen molar-refractivity contribution in [1.29, 1.82) is 0 Å². The van der Waals surface area contributed by atoms with E-state index in [0.717, 1.165) is 28.4 Å². The predicted octanol–water partition coefficient (Wildman–Crippen LogP) is 3.99. The first-order valence-electron chi connectivity index (χ1n) is 4.99. The summed E-state index contributed by atoms with van der Waals surface area (Å²) in [5, 5.41) is 0.691. The molecule has 0 aromatic carbocycles. The van der Waals surface area contributed by atoms with Gasteiger partial charge in [0, 0.05) is 10.7 Å². The largest absolute Gasteiger partial charge is 0.416 e. The van der Waals surface area contributed by atoms with Crippen LogP contribution in [0.1, 0.15) is 5.56 Å². The SMILES string of the molecule is Nc1cc(C(F)(F)F)cc(Sc2ccc(Br)cn2)n1. The summed E-state index contributed by atoms with van der Waals surface area (Å²) in [5.41, 5.74) is 4.56. The van der Waals surface area contributed by atoms with Crippen molar-refractivity contribution in [3.63, 3.8) is 0 Å². The molecule has 0 saturated heterocycles. The molecule has 100 valence electrons. The van der Waals surface area contributed by atoms with Crippen LogP contribution in [0.5, 0.6) is 0 Å². The predicted molar refractivity (Wildman–Crippen MR) is 69.7 cm³/mol. The lowest BCUT2D eigenvalue weighted by atomic mass is 10.2. The molecule has 0 fully saturated rings. The highest BCUT2D eigenvalue weighted by Crippen LogP contribution is 2.34. The molecule has 0 aliphatic rings. The minimum absolute atomic E-state index is 0.155. The van der Waals surface area contributed by atoms with Crippen LogP contribution in [-0.4, -0.2) is 9.97 Å². The van der Waals surface area contributed by atoms with Crippen molar-refractivity contribution in [2.75, 3.05) is 5.73 Å². The van der Waals surface area contributed by atoms with E-state index in [1.807, 2.05) is 0 Å². The van der Waals surface area contributed by atoms with Gasteiger partial charge in [0.05, 0.1) is 5.56 Å². The Morgan fingerprint density at radius 2 is 1.89 bits per heavy atom. The van der Waals surface area contributed by atoms with Crippen LogP contribution < -0.4 is 5.73 Å². The first-order chi connectivity index (χ1) is 8.84. The van der Waals surface area contributed by atoms with Crippen molar-refractivity contribution >= 4 is 33.5 Å². The molecule has 19 heavy (non-hydrogen) atoms. The number of rotatable bonds is 2. The molecule has 3 nitrogen and oxygen atoms in total. The summed E-state index contributed by atoms with van der Waals surface area (Å²) in [6, 6.07) is 5.17. The molecule has 0 atom stereocenters. The van der Waals surface area contributed by atoms with Gasteiger partial charge in [-0.3, -0.25) is 0 Å². The molecule has 0 radical (unpaired) electrons. The van der Waals surface area contributed by atoms with Gasteiger partial charge in [-0.05, 0) is 40.2 Å². The average molecular weight is 350 g/mol. The number of nitrogens with two attached hydrogens (primary N) is 1. The molecule has 2 N–H and O–H groups in total. The fourth-order valence-corrected chi connectivity index (χ4v) is 2.30. The number of pyridine rings is 2. The van der Waals surface area contributed by atoms with Gasteiger partial charge in [-0.2, -0.15) is 13.2 Å². The molecule has 0 amide bonds. The fraction of sp³-hybridized carbons (Fsp3) is 0.0909. The minimum Gasteiger partial charge on any atom is -0.384 e. The Bertz CT molecular complexity index is 587. The van der Waals surface area contributed by atoms with E-state index in [-0.39, 0.29) is 10.8 Å². The highest BCUT2D eigenvalue weighted by Gasteiger charge is 2.31. The molecule has 2 heterocycles. The smallest absolute Gasteiger partial charge is 0.384 e. The highest BCUT2D eigenvalue weighted by molar-refractivity contribution is 9.10. The zero-order valence-corrected chi connectivity index (χ0v) is 11.7. The zero-order chi connectivity index (χ0) is 14.0. The van der Waals surface area contributed by atoms with Crippen LogP contribution in [-0.2, 0) is 6.18 Å². The van der Waals surface area contributed by atoms with Crippen LogP contribution in [0.15, 0.2) is 45.0 Å². The second-order valence-electron chi connectivity index (χ2n) is 3.53. The Hall–Kier alpha value is -1.28. The molecule has 0 aliphatic carbocycles. The van der Waals surface area contributed by atoms with E-state index in [1.165, 1.54) is 0 Å². The molecule has 0 unspecified atom stereocenters. The van der Waals surface area contributed by atoms with Gasteiger partial charge in [0.1, 0.15) is 15.9 Å². The van der Waals surface area contributed by atoms with Crippen LogP contribution in [0.3, 0.4) is 0 Å². The molecule has 2 rings (SSSR count). The third kappa shape index (κ3) is 3.84. The Kier molecular flexibility index (Phi) is 4.00. The summed E-state index contributed by atoms with van der Waals surface area (Å²) in [7, 11) is 0. The molecule has 0 spiro atoms. The fourth-order valence-electron chi connectivity index (χ4n) is 1.27. The maximum Gasteiger partial charge on any atom is 0.416 e. The Morgan fingerprint density at radius 1 is 1.16 bits per heavy atom. The van der Waals surface area contributed by atoms with E-state index in [0.29, 0.717) is 5.03 Å². The summed E-state index contributed by atoms with van der Waals surface area (Å²) >= 11 is 4.24. The van der Waals surface area contributed by atoms with Crippen molar-refractivity contribution < 1.29 is 13.2 Å². The van der Waals surface area contributed by atoms with Crippen LogP contribution in [0.25, 0.3) is 0 Å². The van der Waals surface area contributed by atoms with E-state index in [2.05, 4.69) is 25.9 Å². The van der Waals surface area contributed by atoms with Crippen molar-refractivity contribution in [1.82, 2.24) is 9.97 Å². The van der Waals surface area contributed by atoms with Crippen molar-refractivity contribution in [3.8, 4) is 0 Å². The number of nitrogen functional groups attached to an aromatic ring is 1. The Morgan fingerprint density at radius 3 is 2.47 bits per heavy atom. The minimum atomic E-state index is -4.44. The van der Waals surface area contributed by atoms with Crippen molar-refractivity contribution in [2.24, 2.45) is 0 Å². The topological polar surface area (TPSA) is 51.8 Å². The molecular weight excluding hydrogens is 343 g/mol. The van der Waals surface area contributed by atoms with Gasteiger partial charge in [-0.1, -0.05) is 11.8 Å². The lowest BCUT2D eigenvalue weighted by Gasteiger charge is -2.09.